The summed E-state index contributed by atoms with van der Waals surface area (Å²) >= 11 is 3.80. The molecule has 1 heterocycles. The number of thiol groups is 1. The van der Waals surface area contributed by atoms with E-state index in [0.717, 1.165) is 20.8 Å². The molecular formula is C15H23BrN2O9S. The smallest absolute Gasteiger partial charge is 0.303 e. The van der Waals surface area contributed by atoms with Gasteiger partial charge in [0.1, 0.15) is 12.7 Å². The summed E-state index contributed by atoms with van der Waals surface area (Å²) in [5, 5.41) is 9.65. The molecule has 0 bridgehead atoms. The first kappa shape index (κ1) is 26.1. The Kier molecular flexibility index (Phi) is 11.1. The maximum absolute atomic E-state index is 11.6. The third-order valence-electron chi connectivity index (χ3n) is 3.27. The molecule has 0 aromatic heterocycles. The molecule has 160 valence electrons. The van der Waals surface area contributed by atoms with Crippen LogP contribution in [0.15, 0.2) is 0 Å². The second-order valence-corrected chi connectivity index (χ2v) is 6.06. The van der Waals surface area contributed by atoms with Crippen LogP contribution in [-0.2, 0) is 42.9 Å². The van der Waals surface area contributed by atoms with Crippen molar-refractivity contribution >= 4 is 58.7 Å². The molecule has 0 aliphatic carbocycles. The molecule has 0 unspecified atom stereocenters. The third-order valence-corrected chi connectivity index (χ3v) is 3.40. The maximum Gasteiger partial charge on any atom is 0.303 e. The zero-order valence-electron chi connectivity index (χ0n) is 15.6. The lowest BCUT2D eigenvalue weighted by molar-refractivity contribution is -0.254. The number of hydrogen-bond donors (Lipinski definition) is 3. The number of carbonyl (C=O) groups excluding carboxylic acids is 4. The Morgan fingerprint density at radius 3 is 1.79 bits per heavy atom. The molecule has 11 nitrogen and oxygen atoms in total. The van der Waals surface area contributed by atoms with Crippen LogP contribution in [0.2, 0.25) is 0 Å². The Bertz CT molecular complexity index is 618. The summed E-state index contributed by atoms with van der Waals surface area (Å²) in [5.74, 6) is -2.79. The first-order chi connectivity index (χ1) is 12.5. The van der Waals surface area contributed by atoms with Gasteiger partial charge >= 0.3 is 23.9 Å². The van der Waals surface area contributed by atoms with E-state index < -0.39 is 54.5 Å². The maximum atomic E-state index is 11.6. The van der Waals surface area contributed by atoms with Crippen LogP contribution in [0, 0.1) is 5.41 Å². The number of hydrogen-bond acceptors (Lipinski definition) is 10. The van der Waals surface area contributed by atoms with E-state index in [4.69, 9.17) is 29.1 Å². The van der Waals surface area contributed by atoms with Gasteiger partial charge in [0.25, 0.3) is 0 Å². The summed E-state index contributed by atoms with van der Waals surface area (Å²) in [5.41, 5.74) is 0. The molecule has 13 heteroatoms. The highest BCUT2D eigenvalue weighted by Crippen LogP contribution is 2.28. The number of nitrogens with one attached hydrogen (secondary N) is 2. The molecule has 1 fully saturated rings. The summed E-state index contributed by atoms with van der Waals surface area (Å²) in [6.07, 6.45) is -6.04. The average Bonchev–Trinajstić information content (AvgIpc) is 2.49. The van der Waals surface area contributed by atoms with E-state index in [1.54, 1.807) is 0 Å². The van der Waals surface area contributed by atoms with Gasteiger partial charge < -0.3 is 29.0 Å². The van der Waals surface area contributed by atoms with Gasteiger partial charge in [-0.3, -0.25) is 24.6 Å². The van der Waals surface area contributed by atoms with Gasteiger partial charge in [0.2, 0.25) is 0 Å². The van der Waals surface area contributed by atoms with Gasteiger partial charge in [0.15, 0.2) is 29.7 Å². The topological polar surface area (TPSA) is 150 Å². The molecule has 0 radical (unpaired) electrons. The predicted octanol–water partition coefficient (Wildman–Crippen LogP) is 0.102. The number of ether oxygens (including phenoxy) is 5. The zero-order valence-corrected chi connectivity index (χ0v) is 18.2. The molecule has 0 spiro atoms. The molecule has 28 heavy (non-hydrogen) atoms. The van der Waals surface area contributed by atoms with E-state index in [2.05, 4.69) is 17.9 Å². The van der Waals surface area contributed by atoms with Crippen molar-refractivity contribution in [2.75, 3.05) is 6.61 Å². The Labute approximate surface area is 177 Å². The van der Waals surface area contributed by atoms with E-state index in [0.29, 0.717) is 0 Å². The lowest BCUT2D eigenvalue weighted by Crippen LogP contribution is -2.65. The fourth-order valence-electron chi connectivity index (χ4n) is 2.48. The predicted molar refractivity (Wildman–Crippen MR) is 102 cm³/mol. The van der Waals surface area contributed by atoms with Crippen LogP contribution in [0.5, 0.6) is 0 Å². The van der Waals surface area contributed by atoms with E-state index >= 15 is 0 Å². The Morgan fingerprint density at radius 1 is 0.893 bits per heavy atom. The van der Waals surface area contributed by atoms with Gasteiger partial charge in [0, 0.05) is 27.7 Å². The zero-order chi connectivity index (χ0) is 20.7. The van der Waals surface area contributed by atoms with Gasteiger partial charge in [-0.15, -0.1) is 29.6 Å². The molecule has 0 aromatic rings. The summed E-state index contributed by atoms with van der Waals surface area (Å²) in [6.45, 7) is 4.21. The van der Waals surface area contributed by atoms with Crippen molar-refractivity contribution in [3.8, 4) is 0 Å². The monoisotopic (exact) mass is 486 g/mol. The minimum absolute atomic E-state index is 0. The summed E-state index contributed by atoms with van der Waals surface area (Å²) in [6, 6.07) is 0. The van der Waals surface area contributed by atoms with Crippen LogP contribution in [0.25, 0.3) is 0 Å². The van der Waals surface area contributed by atoms with Gasteiger partial charge in [-0.1, -0.05) is 0 Å². The number of amidine groups is 1. The molecule has 0 saturated carbocycles. The fourth-order valence-corrected chi connectivity index (χ4v) is 2.61. The van der Waals surface area contributed by atoms with Crippen molar-refractivity contribution in [1.29, 1.82) is 5.41 Å². The number of carbonyl (C=O) groups is 4. The lowest BCUT2D eigenvalue weighted by Gasteiger charge is -2.44. The summed E-state index contributed by atoms with van der Waals surface area (Å²) < 4.78 is 26.2. The minimum Gasteiger partial charge on any atom is -0.463 e. The quantitative estimate of drug-likeness (QED) is 0.155. The minimum atomic E-state index is -1.28. The molecule has 0 aromatic carbocycles. The van der Waals surface area contributed by atoms with E-state index in [1.807, 2.05) is 0 Å². The molecule has 1 saturated heterocycles. The van der Waals surface area contributed by atoms with Crippen molar-refractivity contribution < 1.29 is 42.9 Å². The highest BCUT2D eigenvalue weighted by molar-refractivity contribution is 8.93. The lowest BCUT2D eigenvalue weighted by atomic mass is 9.97. The number of rotatable bonds is 6. The second-order valence-electron chi connectivity index (χ2n) is 5.61. The molecular weight excluding hydrogens is 464 g/mol. The standard InChI is InChI=1S/C15H22N2O9S.BrH/c1-6(18)22-5-10-11(23-7(2)19)12(24-8(3)20)13(25-9(4)21)14(26-10)17-15(16)27;/h10-14H,5H2,1-4H3,(H3,16,17,27);1H/t10-,11+,12+,13-,14-;/m1./s1. The van der Waals surface area contributed by atoms with Crippen LogP contribution in [-0.4, -0.2) is 66.3 Å². The Hall–Kier alpha value is -1.86. The largest absolute Gasteiger partial charge is 0.463 e. The van der Waals surface area contributed by atoms with Gasteiger partial charge in [-0.25, -0.2) is 0 Å². The van der Waals surface area contributed by atoms with Crippen LogP contribution in [0.4, 0.5) is 0 Å². The molecule has 5 atom stereocenters. The highest BCUT2D eigenvalue weighted by Gasteiger charge is 2.52. The first-order valence-electron chi connectivity index (χ1n) is 7.85. The van der Waals surface area contributed by atoms with Crippen molar-refractivity contribution in [1.82, 2.24) is 5.32 Å². The van der Waals surface area contributed by atoms with Crippen LogP contribution >= 0.6 is 29.6 Å². The second kappa shape index (κ2) is 11.9. The van der Waals surface area contributed by atoms with Crippen molar-refractivity contribution in [2.45, 2.75) is 58.3 Å². The van der Waals surface area contributed by atoms with Crippen molar-refractivity contribution in [3.63, 3.8) is 0 Å². The molecule has 1 rings (SSSR count). The summed E-state index contributed by atoms with van der Waals surface area (Å²) in [7, 11) is 0. The summed E-state index contributed by atoms with van der Waals surface area (Å²) in [4.78, 5) is 45.7. The van der Waals surface area contributed by atoms with Crippen molar-refractivity contribution in [3.05, 3.63) is 0 Å². The van der Waals surface area contributed by atoms with Gasteiger partial charge in [-0.05, 0) is 0 Å². The number of esters is 4. The average molecular weight is 487 g/mol. The van der Waals surface area contributed by atoms with E-state index in [9.17, 15) is 19.2 Å². The molecule has 1 aliphatic heterocycles. The Balaban J connectivity index is 0.00000729. The number of halogens is 1. The van der Waals surface area contributed by atoms with Crippen LogP contribution in [0.1, 0.15) is 27.7 Å². The van der Waals surface area contributed by atoms with Gasteiger partial charge in [-0.2, -0.15) is 0 Å². The molecule has 2 N–H and O–H groups in total. The Morgan fingerprint density at radius 2 is 1.36 bits per heavy atom. The van der Waals surface area contributed by atoms with E-state index in [1.165, 1.54) is 6.92 Å². The molecule has 0 amide bonds. The van der Waals surface area contributed by atoms with Crippen LogP contribution in [0.3, 0.4) is 0 Å². The van der Waals surface area contributed by atoms with Crippen LogP contribution < -0.4 is 5.32 Å². The third kappa shape index (κ3) is 8.44. The normalized spacial score (nSPS) is 26.1. The first-order valence-corrected chi connectivity index (χ1v) is 8.30. The fraction of sp³-hybridized carbons (Fsp3) is 0.667. The van der Waals surface area contributed by atoms with E-state index in [-0.39, 0.29) is 28.8 Å². The van der Waals surface area contributed by atoms with Gasteiger partial charge in [0.05, 0.1) is 0 Å². The SMILES string of the molecule is Br.CC(=O)OC[C@H]1O[C@@H](NC(=N)S)[C@H](OC(C)=O)[C@@H](OC(C)=O)[C@H]1OC(C)=O. The van der Waals surface area contributed by atoms with Crippen molar-refractivity contribution in [2.24, 2.45) is 0 Å². The molecule has 1 aliphatic rings. The highest BCUT2D eigenvalue weighted by atomic mass is 79.9.